The van der Waals surface area contributed by atoms with Gasteiger partial charge in [0, 0.05) is 40.1 Å². The van der Waals surface area contributed by atoms with E-state index in [0.29, 0.717) is 34.8 Å². The van der Waals surface area contributed by atoms with Crippen LogP contribution < -0.4 is 21.0 Å². The zero-order valence-electron chi connectivity index (χ0n) is 28.6. The molecule has 0 aliphatic rings. The Kier molecular flexibility index (Phi) is 16.7. The van der Waals surface area contributed by atoms with Gasteiger partial charge in [-0.15, -0.1) is 0 Å². The number of ether oxygens (including phenoxy) is 4. The molecule has 46 heavy (non-hydrogen) atoms. The molecule has 0 atom stereocenters. The molecule has 0 spiro atoms. The molecule has 254 valence electrons. The summed E-state index contributed by atoms with van der Waals surface area (Å²) in [6.07, 6.45) is 0.749. The molecule has 3 aromatic rings. The highest BCUT2D eigenvalue weighted by molar-refractivity contribution is 5.94. The SMILES string of the molecule is CC(C)(C)OCO.CN=C(NC)NCCc1ccc(OC(=O)c2cc3cc(COC(C)=O)ccc3oc2=O)cc1.COC(C)(C)C. The lowest BCUT2D eigenvalue weighted by atomic mass is 10.1. The minimum absolute atomic E-state index is 0.0417. The van der Waals surface area contributed by atoms with Crippen molar-refractivity contribution in [3.05, 3.63) is 75.6 Å². The van der Waals surface area contributed by atoms with E-state index in [-0.39, 0.29) is 30.2 Å². The number of aliphatic imine (C=N–C) groups is 1. The highest BCUT2D eigenvalue weighted by Gasteiger charge is 2.17. The molecule has 1 heterocycles. The van der Waals surface area contributed by atoms with E-state index < -0.39 is 17.6 Å². The lowest BCUT2D eigenvalue weighted by Crippen LogP contribution is -2.35. The predicted molar refractivity (Wildman–Crippen MR) is 178 cm³/mol. The Balaban J connectivity index is 0.000000683. The van der Waals surface area contributed by atoms with E-state index >= 15 is 0 Å². The minimum atomic E-state index is -0.816. The second kappa shape index (κ2) is 19.3. The van der Waals surface area contributed by atoms with Crippen LogP contribution in [0.2, 0.25) is 0 Å². The van der Waals surface area contributed by atoms with Crippen LogP contribution in [0.4, 0.5) is 0 Å². The van der Waals surface area contributed by atoms with Gasteiger partial charge in [-0.05, 0) is 89.4 Å². The van der Waals surface area contributed by atoms with Gasteiger partial charge in [-0.2, -0.15) is 0 Å². The number of benzene rings is 2. The van der Waals surface area contributed by atoms with Crippen LogP contribution in [0, 0.1) is 0 Å². The molecule has 0 aliphatic carbocycles. The summed E-state index contributed by atoms with van der Waals surface area (Å²) in [5, 5.41) is 14.8. The number of guanidine groups is 1. The number of nitrogens with zero attached hydrogens (tertiary/aromatic N) is 1. The number of nitrogens with one attached hydrogen (secondary N) is 2. The van der Waals surface area contributed by atoms with Crippen molar-refractivity contribution < 1.29 is 38.1 Å². The van der Waals surface area contributed by atoms with Crippen molar-refractivity contribution in [2.45, 2.75) is 72.7 Å². The molecule has 0 radical (unpaired) electrons. The molecular formula is C34H49N3O9. The van der Waals surface area contributed by atoms with Crippen molar-refractivity contribution in [3.8, 4) is 5.75 Å². The third-order valence-electron chi connectivity index (χ3n) is 5.87. The van der Waals surface area contributed by atoms with Gasteiger partial charge >= 0.3 is 17.6 Å². The number of aliphatic hydroxyl groups is 1. The van der Waals surface area contributed by atoms with Gasteiger partial charge in [0.25, 0.3) is 0 Å². The van der Waals surface area contributed by atoms with Gasteiger partial charge in [-0.3, -0.25) is 9.79 Å². The Morgan fingerprint density at radius 3 is 2.04 bits per heavy atom. The summed E-state index contributed by atoms with van der Waals surface area (Å²) in [7, 11) is 5.19. The highest BCUT2D eigenvalue weighted by Crippen LogP contribution is 2.19. The topological polar surface area (TPSA) is 158 Å². The minimum Gasteiger partial charge on any atom is -0.461 e. The summed E-state index contributed by atoms with van der Waals surface area (Å²) < 4.78 is 25.3. The van der Waals surface area contributed by atoms with Gasteiger partial charge in [0.05, 0.1) is 11.2 Å². The monoisotopic (exact) mass is 643 g/mol. The van der Waals surface area contributed by atoms with Gasteiger partial charge in [0.2, 0.25) is 0 Å². The number of hydrogen-bond acceptors (Lipinski definition) is 10. The van der Waals surface area contributed by atoms with E-state index in [0.717, 1.165) is 12.0 Å². The zero-order valence-corrected chi connectivity index (χ0v) is 28.6. The van der Waals surface area contributed by atoms with Crippen molar-refractivity contribution in [1.82, 2.24) is 10.6 Å². The van der Waals surface area contributed by atoms with E-state index in [1.165, 1.54) is 13.0 Å². The summed E-state index contributed by atoms with van der Waals surface area (Å²) in [4.78, 5) is 39.9. The summed E-state index contributed by atoms with van der Waals surface area (Å²) in [5.74, 6) is -0.207. The third-order valence-corrected chi connectivity index (χ3v) is 5.87. The number of aliphatic hydroxyl groups excluding tert-OH is 1. The predicted octanol–water partition coefficient (Wildman–Crippen LogP) is 4.60. The molecule has 0 amide bonds. The first-order valence-corrected chi connectivity index (χ1v) is 14.7. The fraction of sp³-hybridized carbons (Fsp3) is 0.471. The van der Waals surface area contributed by atoms with Crippen LogP contribution in [0.1, 0.15) is 70.0 Å². The maximum atomic E-state index is 12.6. The van der Waals surface area contributed by atoms with Crippen molar-refractivity contribution in [1.29, 1.82) is 0 Å². The van der Waals surface area contributed by atoms with Crippen LogP contribution in [0.15, 0.2) is 62.7 Å². The summed E-state index contributed by atoms with van der Waals surface area (Å²) in [6.45, 7) is 13.6. The number of esters is 2. The van der Waals surface area contributed by atoms with Crippen LogP contribution in [0.5, 0.6) is 5.75 Å². The smallest absolute Gasteiger partial charge is 0.351 e. The quantitative estimate of drug-likeness (QED) is 0.0787. The Labute approximate surface area is 271 Å². The second-order valence-corrected chi connectivity index (χ2v) is 11.8. The maximum absolute atomic E-state index is 12.6. The van der Waals surface area contributed by atoms with Gasteiger partial charge in [-0.1, -0.05) is 18.2 Å². The second-order valence-electron chi connectivity index (χ2n) is 11.8. The number of methoxy groups -OCH3 is 1. The molecule has 2 aromatic carbocycles. The van der Waals surface area contributed by atoms with Crippen LogP contribution in [-0.2, 0) is 32.0 Å². The highest BCUT2D eigenvalue weighted by atomic mass is 16.6. The molecule has 0 bridgehead atoms. The molecule has 0 saturated carbocycles. The molecule has 12 nitrogen and oxygen atoms in total. The third kappa shape index (κ3) is 16.2. The Morgan fingerprint density at radius 2 is 1.57 bits per heavy atom. The van der Waals surface area contributed by atoms with E-state index in [9.17, 15) is 14.4 Å². The number of fused-ring (bicyclic) bond motifs is 1. The molecule has 0 unspecified atom stereocenters. The van der Waals surface area contributed by atoms with Gasteiger partial charge in [0.15, 0.2) is 5.96 Å². The van der Waals surface area contributed by atoms with Crippen LogP contribution in [0.25, 0.3) is 11.0 Å². The van der Waals surface area contributed by atoms with Crippen molar-refractivity contribution in [3.63, 3.8) is 0 Å². The normalized spacial score (nSPS) is 11.4. The van der Waals surface area contributed by atoms with E-state index in [1.807, 2.05) is 53.7 Å². The first-order chi connectivity index (χ1) is 21.5. The Morgan fingerprint density at radius 1 is 0.957 bits per heavy atom. The van der Waals surface area contributed by atoms with Crippen molar-refractivity contribution >= 4 is 28.9 Å². The van der Waals surface area contributed by atoms with Crippen molar-refractivity contribution in [2.75, 3.05) is 34.5 Å². The Bertz CT molecular complexity index is 1470. The van der Waals surface area contributed by atoms with Crippen LogP contribution in [0.3, 0.4) is 0 Å². The van der Waals surface area contributed by atoms with Crippen molar-refractivity contribution in [2.24, 2.45) is 4.99 Å². The molecule has 0 fully saturated rings. The molecule has 1 aromatic heterocycles. The van der Waals surface area contributed by atoms with E-state index in [4.69, 9.17) is 28.5 Å². The largest absolute Gasteiger partial charge is 0.461 e. The fourth-order valence-electron chi connectivity index (χ4n) is 3.27. The maximum Gasteiger partial charge on any atom is 0.351 e. The zero-order chi connectivity index (χ0) is 34.9. The first kappa shape index (κ1) is 39.8. The number of rotatable bonds is 8. The lowest BCUT2D eigenvalue weighted by Gasteiger charge is -2.16. The number of hydrogen-bond donors (Lipinski definition) is 3. The lowest BCUT2D eigenvalue weighted by molar-refractivity contribution is -0.142. The van der Waals surface area contributed by atoms with Gasteiger partial charge < -0.3 is 39.1 Å². The summed E-state index contributed by atoms with van der Waals surface area (Å²) in [6, 6.07) is 13.4. The number of carbonyl (C=O) groups excluding carboxylic acids is 2. The molecule has 0 saturated heterocycles. The standard InChI is InChI=1S/C24H25N3O6.C5H12O2.C5H12O/c1-15(28)31-14-17-6-9-21-18(12-17)13-20(23(30)33-21)22(29)32-19-7-4-16(5-8-19)10-11-27-24(25-2)26-3;1-5(2,3)7-4-6;1-5(2,3)6-4/h4-9,12-13H,10-11,14H2,1-3H3,(H2,25,26,27);6H,4H2,1-3H3;1-4H3. The summed E-state index contributed by atoms with van der Waals surface area (Å²) in [5.41, 5.74) is 0.882. The fourth-order valence-corrected chi connectivity index (χ4v) is 3.27. The van der Waals surface area contributed by atoms with Gasteiger partial charge in [-0.25, -0.2) is 9.59 Å². The number of carbonyl (C=O) groups is 2. The van der Waals surface area contributed by atoms with E-state index in [2.05, 4.69) is 15.6 Å². The average Bonchev–Trinajstić information content (AvgIpc) is 2.98. The molecule has 3 N–H and O–H groups in total. The van der Waals surface area contributed by atoms with Crippen LogP contribution >= 0.6 is 0 Å². The molecule has 12 heteroatoms. The van der Waals surface area contributed by atoms with Gasteiger partial charge in [0.1, 0.15) is 30.3 Å². The Hall–Kier alpha value is -4.26. The average molecular weight is 644 g/mol. The molecule has 3 rings (SSSR count). The van der Waals surface area contributed by atoms with Crippen LogP contribution in [-0.4, -0.2) is 68.7 Å². The summed E-state index contributed by atoms with van der Waals surface area (Å²) >= 11 is 0. The first-order valence-electron chi connectivity index (χ1n) is 14.7. The molecular weight excluding hydrogens is 594 g/mol. The van der Waals surface area contributed by atoms with E-state index in [1.54, 1.807) is 51.5 Å². The molecule has 0 aliphatic heterocycles.